The largest absolute Gasteiger partial charge is 0.508 e. The predicted octanol–water partition coefficient (Wildman–Crippen LogP) is 1.99. The molecule has 0 heterocycles. The van der Waals surface area contributed by atoms with E-state index in [1.54, 1.807) is 31.2 Å². The number of hydrogen-bond donors (Lipinski definition) is 3. The molecule has 0 fully saturated rings. The van der Waals surface area contributed by atoms with Gasteiger partial charge in [0.1, 0.15) is 11.8 Å². The van der Waals surface area contributed by atoms with Gasteiger partial charge in [0.05, 0.1) is 6.04 Å². The third-order valence-corrected chi connectivity index (χ3v) is 4.83. The number of carbonyl (C=O) groups excluding carboxylic acids is 2. The number of phenols is 1. The van der Waals surface area contributed by atoms with Crippen molar-refractivity contribution in [1.82, 2.24) is 4.90 Å². The van der Waals surface area contributed by atoms with Gasteiger partial charge in [-0.25, -0.2) is 0 Å². The fourth-order valence-corrected chi connectivity index (χ4v) is 3.09. The van der Waals surface area contributed by atoms with E-state index in [1.807, 2.05) is 18.2 Å². The van der Waals surface area contributed by atoms with Gasteiger partial charge in [0.15, 0.2) is 0 Å². The van der Waals surface area contributed by atoms with E-state index < -0.39 is 18.0 Å². The Bertz CT molecular complexity index is 762. The summed E-state index contributed by atoms with van der Waals surface area (Å²) in [5, 5.41) is 9.37. The van der Waals surface area contributed by atoms with Crippen LogP contribution in [-0.4, -0.2) is 40.4 Å². The van der Waals surface area contributed by atoms with Crippen LogP contribution in [0.2, 0.25) is 0 Å². The van der Waals surface area contributed by atoms with Gasteiger partial charge in [0.2, 0.25) is 11.8 Å². The summed E-state index contributed by atoms with van der Waals surface area (Å²) in [6.07, 6.45) is 2.88. The normalized spacial score (nSPS) is 12.9. The molecule has 0 aliphatic rings. The highest BCUT2D eigenvalue weighted by Gasteiger charge is 2.27. The quantitative estimate of drug-likeness (QED) is 0.545. The lowest BCUT2D eigenvalue weighted by molar-refractivity contribution is -0.139. The van der Waals surface area contributed by atoms with Gasteiger partial charge in [-0.15, -0.1) is 0 Å². The second-order valence-electron chi connectivity index (χ2n) is 7.03. The summed E-state index contributed by atoms with van der Waals surface area (Å²) in [6.45, 7) is 2.06. The van der Waals surface area contributed by atoms with Crippen LogP contribution in [0.5, 0.6) is 5.75 Å². The molecule has 2 rings (SSSR count). The van der Waals surface area contributed by atoms with Crippen molar-refractivity contribution in [2.24, 2.45) is 11.5 Å². The van der Waals surface area contributed by atoms with Gasteiger partial charge in [-0.1, -0.05) is 42.5 Å². The van der Waals surface area contributed by atoms with Crippen LogP contribution in [0.4, 0.5) is 0 Å². The van der Waals surface area contributed by atoms with Crippen molar-refractivity contribution in [3.63, 3.8) is 0 Å². The monoisotopic (exact) mass is 383 g/mol. The highest BCUT2D eigenvalue weighted by atomic mass is 16.3. The van der Waals surface area contributed by atoms with Crippen molar-refractivity contribution in [3.8, 4) is 5.75 Å². The summed E-state index contributed by atoms with van der Waals surface area (Å²) in [7, 11) is 0. The molecular weight excluding hydrogens is 354 g/mol. The zero-order valence-corrected chi connectivity index (χ0v) is 16.3. The van der Waals surface area contributed by atoms with E-state index in [-0.39, 0.29) is 11.7 Å². The number of aryl methyl sites for hydroxylation is 1. The van der Waals surface area contributed by atoms with E-state index >= 15 is 0 Å². The minimum Gasteiger partial charge on any atom is -0.508 e. The highest BCUT2D eigenvalue weighted by Crippen LogP contribution is 2.13. The second kappa shape index (κ2) is 10.5. The molecule has 0 radical (unpaired) electrons. The Hall–Kier alpha value is -2.86. The molecule has 0 saturated carbocycles. The van der Waals surface area contributed by atoms with E-state index in [1.165, 1.54) is 10.5 Å². The summed E-state index contributed by atoms with van der Waals surface area (Å²) in [6, 6.07) is 15.2. The molecule has 0 bridgehead atoms. The first-order chi connectivity index (χ1) is 13.4. The number of carbonyl (C=O) groups is 2. The van der Waals surface area contributed by atoms with E-state index in [0.29, 0.717) is 13.0 Å². The number of nitrogens with two attached hydrogens (primary N) is 2. The lowest BCUT2D eigenvalue weighted by atomic mass is 10.0. The zero-order valence-electron chi connectivity index (χ0n) is 16.3. The topological polar surface area (TPSA) is 110 Å². The number of benzene rings is 2. The first-order valence-corrected chi connectivity index (χ1v) is 9.55. The SMILES string of the molecule is C[C@H](C(N)=O)N(CCCCc1ccccc1)C(=O)[C@@H](N)Cc1ccc(O)cc1. The maximum atomic E-state index is 12.9. The fourth-order valence-electron chi connectivity index (χ4n) is 3.09. The molecule has 0 saturated heterocycles. The molecule has 0 unspecified atom stereocenters. The summed E-state index contributed by atoms with van der Waals surface area (Å²) in [5.41, 5.74) is 13.6. The zero-order chi connectivity index (χ0) is 20.5. The molecule has 5 N–H and O–H groups in total. The highest BCUT2D eigenvalue weighted by molar-refractivity contribution is 5.88. The van der Waals surface area contributed by atoms with Crippen LogP contribution in [0.15, 0.2) is 54.6 Å². The average molecular weight is 383 g/mol. The Labute approximate surface area is 166 Å². The van der Waals surface area contributed by atoms with Crippen LogP contribution >= 0.6 is 0 Å². The maximum absolute atomic E-state index is 12.9. The molecule has 28 heavy (non-hydrogen) atoms. The first-order valence-electron chi connectivity index (χ1n) is 9.55. The molecule has 2 atom stereocenters. The number of phenolic OH excluding ortho intramolecular Hbond substituents is 1. The van der Waals surface area contributed by atoms with Gasteiger partial charge in [0.25, 0.3) is 0 Å². The molecule has 6 nitrogen and oxygen atoms in total. The lowest BCUT2D eigenvalue weighted by Gasteiger charge is -2.30. The number of aromatic hydroxyl groups is 1. The van der Waals surface area contributed by atoms with E-state index in [9.17, 15) is 14.7 Å². The minimum atomic E-state index is -0.777. The minimum absolute atomic E-state index is 0.158. The number of amides is 2. The van der Waals surface area contributed by atoms with Crippen molar-refractivity contribution in [2.75, 3.05) is 6.54 Å². The molecule has 2 amide bonds. The van der Waals surface area contributed by atoms with Gasteiger partial charge in [-0.05, 0) is 55.9 Å². The Morgan fingerprint density at radius 2 is 1.64 bits per heavy atom. The Morgan fingerprint density at radius 3 is 2.25 bits per heavy atom. The molecule has 0 aromatic heterocycles. The number of unbranched alkanes of at least 4 members (excludes halogenated alkanes) is 1. The third kappa shape index (κ3) is 6.39. The number of primary amides is 1. The molecule has 0 spiro atoms. The number of nitrogens with zero attached hydrogens (tertiary/aromatic N) is 1. The average Bonchev–Trinajstić information content (AvgIpc) is 2.69. The molecule has 0 aliphatic heterocycles. The Balaban J connectivity index is 1.95. The molecule has 150 valence electrons. The number of hydrogen-bond acceptors (Lipinski definition) is 4. The Kier molecular flexibility index (Phi) is 8.02. The van der Waals surface area contributed by atoms with Crippen molar-refractivity contribution in [2.45, 2.75) is 44.7 Å². The standard InChI is InChI=1S/C22H29N3O3/c1-16(21(24)27)25(14-6-5-9-17-7-3-2-4-8-17)22(28)20(23)15-18-10-12-19(26)13-11-18/h2-4,7-8,10-13,16,20,26H,5-6,9,14-15,23H2,1H3,(H2,24,27)/t16-,20+/m1/s1. The Morgan fingerprint density at radius 1 is 1.00 bits per heavy atom. The van der Waals surface area contributed by atoms with Gasteiger partial charge in [0, 0.05) is 6.54 Å². The predicted molar refractivity (Wildman–Crippen MR) is 110 cm³/mol. The van der Waals surface area contributed by atoms with Crippen LogP contribution < -0.4 is 11.5 Å². The van der Waals surface area contributed by atoms with Crippen LogP contribution in [0.1, 0.15) is 30.9 Å². The van der Waals surface area contributed by atoms with Crippen molar-refractivity contribution in [1.29, 1.82) is 0 Å². The summed E-state index contributed by atoms with van der Waals surface area (Å²) in [4.78, 5) is 26.0. The smallest absolute Gasteiger partial charge is 0.240 e. The first kappa shape index (κ1) is 21.4. The third-order valence-electron chi connectivity index (χ3n) is 4.83. The molecular formula is C22H29N3O3. The van der Waals surface area contributed by atoms with Gasteiger partial charge in [-0.2, -0.15) is 0 Å². The van der Waals surface area contributed by atoms with Crippen molar-refractivity contribution < 1.29 is 14.7 Å². The lowest BCUT2D eigenvalue weighted by Crippen LogP contribution is -2.52. The van der Waals surface area contributed by atoms with Crippen molar-refractivity contribution >= 4 is 11.8 Å². The van der Waals surface area contributed by atoms with E-state index in [2.05, 4.69) is 12.1 Å². The van der Waals surface area contributed by atoms with Crippen molar-refractivity contribution in [3.05, 3.63) is 65.7 Å². The van der Waals surface area contributed by atoms with Crippen LogP contribution in [-0.2, 0) is 22.4 Å². The number of rotatable bonds is 10. The van der Waals surface area contributed by atoms with E-state index in [0.717, 1.165) is 24.8 Å². The summed E-state index contributed by atoms with van der Waals surface area (Å²) < 4.78 is 0. The summed E-state index contributed by atoms with van der Waals surface area (Å²) >= 11 is 0. The fraction of sp³-hybridized carbons (Fsp3) is 0.364. The van der Waals surface area contributed by atoms with Crippen LogP contribution in [0.25, 0.3) is 0 Å². The van der Waals surface area contributed by atoms with Gasteiger partial charge < -0.3 is 21.5 Å². The van der Waals surface area contributed by atoms with Gasteiger partial charge >= 0.3 is 0 Å². The molecule has 2 aromatic rings. The molecule has 2 aromatic carbocycles. The second-order valence-corrected chi connectivity index (χ2v) is 7.03. The van der Waals surface area contributed by atoms with Crippen LogP contribution in [0.3, 0.4) is 0 Å². The summed E-state index contributed by atoms with van der Waals surface area (Å²) in [5.74, 6) is -0.682. The van der Waals surface area contributed by atoms with E-state index in [4.69, 9.17) is 11.5 Å². The molecule has 6 heteroatoms. The van der Waals surface area contributed by atoms with Crippen LogP contribution in [0, 0.1) is 0 Å². The molecule has 0 aliphatic carbocycles. The van der Waals surface area contributed by atoms with Gasteiger partial charge in [-0.3, -0.25) is 9.59 Å². The maximum Gasteiger partial charge on any atom is 0.240 e.